The molecule has 0 saturated carbocycles. The van der Waals surface area contributed by atoms with Gasteiger partial charge < -0.3 is 15.7 Å². The maximum atomic E-state index is 10.6. The summed E-state index contributed by atoms with van der Waals surface area (Å²) in [4.78, 5) is 22.9. The molecule has 116 valence electrons. The first-order valence-electron chi connectivity index (χ1n) is 6.37. The Morgan fingerprint density at radius 3 is 2.09 bits per heavy atom. The van der Waals surface area contributed by atoms with E-state index >= 15 is 0 Å². The van der Waals surface area contributed by atoms with Gasteiger partial charge in [-0.1, -0.05) is 17.7 Å². The standard InChI is InChI=1S/C9H11NO2.C7H6ClNO/c1-10(2)8-5-3-4-7(6-8)9(11)12;8-6-3-1-5(2-4-6)7(9)10/h3-6H,1-2H3,(H,11,12);1-4H,(H2,9,10). The molecule has 0 atom stereocenters. The highest BCUT2D eigenvalue weighted by molar-refractivity contribution is 6.30. The van der Waals surface area contributed by atoms with Crippen molar-refractivity contribution in [3.05, 3.63) is 64.7 Å². The molecule has 2 rings (SSSR count). The van der Waals surface area contributed by atoms with E-state index in [-0.39, 0.29) is 0 Å². The summed E-state index contributed by atoms with van der Waals surface area (Å²) in [5, 5.41) is 9.27. The van der Waals surface area contributed by atoms with Gasteiger partial charge in [0.15, 0.2) is 0 Å². The molecule has 0 aliphatic carbocycles. The lowest BCUT2D eigenvalue weighted by Crippen LogP contribution is -2.10. The maximum absolute atomic E-state index is 10.6. The quantitative estimate of drug-likeness (QED) is 0.910. The molecule has 0 aliphatic rings. The minimum absolute atomic E-state index is 0.321. The molecule has 0 saturated heterocycles. The number of anilines is 1. The first kappa shape index (κ1) is 17.5. The van der Waals surface area contributed by atoms with Crippen LogP contribution in [0, 0.1) is 0 Å². The molecule has 0 spiro atoms. The van der Waals surface area contributed by atoms with E-state index in [0.29, 0.717) is 16.1 Å². The zero-order chi connectivity index (χ0) is 16.7. The second kappa shape index (κ2) is 8.05. The number of amides is 1. The fourth-order valence-electron chi connectivity index (χ4n) is 1.53. The summed E-state index contributed by atoms with van der Waals surface area (Å²) in [5.74, 6) is -1.32. The van der Waals surface area contributed by atoms with Crippen molar-refractivity contribution >= 4 is 29.2 Å². The van der Waals surface area contributed by atoms with Crippen molar-refractivity contribution in [2.45, 2.75) is 0 Å². The van der Waals surface area contributed by atoms with Crippen LogP contribution in [-0.2, 0) is 0 Å². The number of nitrogens with two attached hydrogens (primary N) is 1. The molecule has 1 amide bonds. The average molecular weight is 321 g/mol. The van der Waals surface area contributed by atoms with E-state index in [1.165, 1.54) is 0 Å². The van der Waals surface area contributed by atoms with Gasteiger partial charge in [0.05, 0.1) is 5.56 Å². The minimum Gasteiger partial charge on any atom is -0.478 e. The highest BCUT2D eigenvalue weighted by Gasteiger charge is 2.03. The molecule has 0 radical (unpaired) electrons. The highest BCUT2D eigenvalue weighted by atomic mass is 35.5. The van der Waals surface area contributed by atoms with Crippen LogP contribution in [0.25, 0.3) is 0 Å². The number of aromatic carboxylic acids is 1. The highest BCUT2D eigenvalue weighted by Crippen LogP contribution is 2.12. The van der Waals surface area contributed by atoms with Crippen molar-refractivity contribution in [3.63, 3.8) is 0 Å². The van der Waals surface area contributed by atoms with Gasteiger partial charge in [-0.25, -0.2) is 4.79 Å². The van der Waals surface area contributed by atoms with Crippen LogP contribution in [0.5, 0.6) is 0 Å². The number of carboxylic acids is 1. The smallest absolute Gasteiger partial charge is 0.335 e. The van der Waals surface area contributed by atoms with E-state index in [1.807, 2.05) is 25.1 Å². The average Bonchev–Trinajstić information content (AvgIpc) is 2.48. The normalized spacial score (nSPS) is 9.41. The number of rotatable bonds is 3. The van der Waals surface area contributed by atoms with Crippen LogP contribution < -0.4 is 10.6 Å². The number of halogens is 1. The molecule has 5 nitrogen and oxygen atoms in total. The van der Waals surface area contributed by atoms with Crippen LogP contribution in [0.15, 0.2) is 48.5 Å². The second-order valence-electron chi connectivity index (χ2n) is 4.62. The molecule has 0 unspecified atom stereocenters. The van der Waals surface area contributed by atoms with Crippen LogP contribution in [0.1, 0.15) is 20.7 Å². The van der Waals surface area contributed by atoms with E-state index in [1.54, 1.807) is 42.5 Å². The van der Waals surface area contributed by atoms with Crippen LogP contribution in [0.4, 0.5) is 5.69 Å². The molecular weight excluding hydrogens is 304 g/mol. The molecule has 2 aromatic carbocycles. The molecule has 0 aliphatic heterocycles. The lowest BCUT2D eigenvalue weighted by atomic mass is 10.2. The van der Waals surface area contributed by atoms with Crippen molar-refractivity contribution in [2.75, 3.05) is 19.0 Å². The molecule has 2 aromatic rings. The van der Waals surface area contributed by atoms with Crippen LogP contribution in [0.3, 0.4) is 0 Å². The number of hydrogen-bond donors (Lipinski definition) is 2. The van der Waals surface area contributed by atoms with Crippen molar-refractivity contribution in [1.29, 1.82) is 0 Å². The van der Waals surface area contributed by atoms with Crippen molar-refractivity contribution in [3.8, 4) is 0 Å². The Morgan fingerprint density at radius 2 is 1.64 bits per heavy atom. The summed E-state index contributed by atoms with van der Waals surface area (Å²) in [5.41, 5.74) is 6.68. The van der Waals surface area contributed by atoms with E-state index in [2.05, 4.69) is 0 Å². The predicted octanol–water partition coefficient (Wildman–Crippen LogP) is 2.89. The number of nitrogens with zero attached hydrogens (tertiary/aromatic N) is 1. The van der Waals surface area contributed by atoms with Crippen LogP contribution >= 0.6 is 11.6 Å². The Hall–Kier alpha value is -2.53. The van der Waals surface area contributed by atoms with E-state index < -0.39 is 11.9 Å². The Bertz CT molecular complexity index is 655. The van der Waals surface area contributed by atoms with Crippen LogP contribution in [0.2, 0.25) is 5.02 Å². The zero-order valence-corrected chi connectivity index (χ0v) is 13.0. The third-order valence-corrected chi connectivity index (χ3v) is 2.99. The first-order valence-corrected chi connectivity index (χ1v) is 6.75. The van der Waals surface area contributed by atoms with Gasteiger partial charge in [0.25, 0.3) is 0 Å². The third-order valence-electron chi connectivity index (χ3n) is 2.74. The van der Waals surface area contributed by atoms with Crippen LogP contribution in [-0.4, -0.2) is 31.1 Å². The number of carbonyl (C=O) groups excluding carboxylic acids is 1. The number of hydrogen-bond acceptors (Lipinski definition) is 3. The SMILES string of the molecule is CN(C)c1cccc(C(=O)O)c1.NC(=O)c1ccc(Cl)cc1. The zero-order valence-electron chi connectivity index (χ0n) is 12.3. The Balaban J connectivity index is 0.000000224. The number of benzene rings is 2. The number of carbonyl (C=O) groups is 2. The molecule has 3 N–H and O–H groups in total. The Kier molecular flexibility index (Phi) is 6.41. The fourth-order valence-corrected chi connectivity index (χ4v) is 1.66. The fraction of sp³-hybridized carbons (Fsp3) is 0.125. The van der Waals surface area contributed by atoms with Gasteiger partial charge in [-0.05, 0) is 42.5 Å². The summed E-state index contributed by atoms with van der Waals surface area (Å²) >= 11 is 5.56. The van der Waals surface area contributed by atoms with Gasteiger partial charge in [0.2, 0.25) is 5.91 Å². The lowest BCUT2D eigenvalue weighted by Gasteiger charge is -2.12. The predicted molar refractivity (Wildman–Crippen MR) is 87.7 cm³/mol. The topological polar surface area (TPSA) is 83.6 Å². The summed E-state index contributed by atoms with van der Waals surface area (Å²) in [7, 11) is 3.75. The number of carboxylic acid groups (broad SMARTS) is 1. The van der Waals surface area contributed by atoms with Gasteiger partial charge in [-0.15, -0.1) is 0 Å². The number of primary amides is 1. The molecule has 0 fully saturated rings. The van der Waals surface area contributed by atoms with Crippen molar-refractivity contribution in [1.82, 2.24) is 0 Å². The monoisotopic (exact) mass is 320 g/mol. The Morgan fingerprint density at radius 1 is 1.05 bits per heavy atom. The van der Waals surface area contributed by atoms with E-state index in [9.17, 15) is 9.59 Å². The summed E-state index contributed by atoms with van der Waals surface area (Å²) < 4.78 is 0. The van der Waals surface area contributed by atoms with Gasteiger partial charge in [0.1, 0.15) is 0 Å². The van der Waals surface area contributed by atoms with E-state index in [0.717, 1.165) is 5.69 Å². The summed E-state index contributed by atoms with van der Waals surface area (Å²) in [6, 6.07) is 13.3. The first-order chi connectivity index (χ1) is 10.3. The van der Waals surface area contributed by atoms with Gasteiger partial charge in [-0.2, -0.15) is 0 Å². The summed E-state index contributed by atoms with van der Waals surface area (Å²) in [6.07, 6.45) is 0. The molecular formula is C16H17ClN2O3. The van der Waals surface area contributed by atoms with E-state index in [4.69, 9.17) is 22.4 Å². The second-order valence-corrected chi connectivity index (χ2v) is 5.06. The van der Waals surface area contributed by atoms with Crippen molar-refractivity contribution in [2.24, 2.45) is 5.73 Å². The molecule has 0 bridgehead atoms. The lowest BCUT2D eigenvalue weighted by molar-refractivity contribution is 0.0696. The summed E-state index contributed by atoms with van der Waals surface area (Å²) in [6.45, 7) is 0. The molecule has 22 heavy (non-hydrogen) atoms. The maximum Gasteiger partial charge on any atom is 0.335 e. The Labute approximate surface area is 133 Å². The minimum atomic E-state index is -0.890. The molecule has 0 heterocycles. The molecule has 0 aromatic heterocycles. The third kappa shape index (κ3) is 5.46. The van der Waals surface area contributed by atoms with Gasteiger partial charge >= 0.3 is 5.97 Å². The largest absolute Gasteiger partial charge is 0.478 e. The van der Waals surface area contributed by atoms with Crippen molar-refractivity contribution < 1.29 is 14.7 Å². The van der Waals surface area contributed by atoms with Gasteiger partial charge in [-0.3, -0.25) is 4.79 Å². The van der Waals surface area contributed by atoms with Gasteiger partial charge in [0, 0.05) is 30.4 Å². The molecule has 6 heteroatoms.